The van der Waals surface area contributed by atoms with Gasteiger partial charge in [-0.2, -0.15) is 0 Å². The first-order valence-corrected chi connectivity index (χ1v) is 10.6. The van der Waals surface area contributed by atoms with Crippen LogP contribution in [-0.2, 0) is 6.54 Å². The molecule has 0 bridgehead atoms. The number of aromatic nitrogens is 1. The average Bonchev–Trinajstić information content (AvgIpc) is 2.66. The quantitative estimate of drug-likeness (QED) is 0.378. The van der Waals surface area contributed by atoms with E-state index >= 15 is 0 Å². The molecule has 2 heteroatoms. The van der Waals surface area contributed by atoms with Gasteiger partial charge in [0.25, 0.3) is 0 Å². The van der Waals surface area contributed by atoms with Crippen molar-refractivity contribution in [2.45, 2.75) is 84.6 Å². The topological polar surface area (TPSA) is 22.0 Å². The molecule has 0 fully saturated rings. The summed E-state index contributed by atoms with van der Waals surface area (Å²) in [5.41, 5.74) is 2.21. The van der Waals surface area contributed by atoms with Crippen LogP contribution in [0.4, 0.5) is 0 Å². The smallest absolute Gasteiger partial charge is 0.190 e. The number of fused-ring (bicyclic) bond motifs is 1. The predicted octanol–water partition coefficient (Wildman–Crippen LogP) is 6.96. The zero-order valence-corrected chi connectivity index (χ0v) is 16.7. The van der Waals surface area contributed by atoms with E-state index in [0.29, 0.717) is 0 Å². The van der Waals surface area contributed by atoms with Crippen molar-refractivity contribution in [2.24, 2.45) is 0 Å². The molecule has 2 rings (SSSR count). The van der Waals surface area contributed by atoms with Gasteiger partial charge < -0.3 is 4.57 Å². The van der Waals surface area contributed by atoms with Crippen molar-refractivity contribution >= 4 is 17.0 Å². The summed E-state index contributed by atoms with van der Waals surface area (Å²) in [7, 11) is 0. The highest BCUT2D eigenvalue weighted by atomic mass is 16.1. The van der Waals surface area contributed by atoms with Crippen LogP contribution in [0.2, 0.25) is 0 Å². The van der Waals surface area contributed by atoms with Crippen molar-refractivity contribution in [3.8, 4) is 0 Å². The number of pyridine rings is 1. The van der Waals surface area contributed by atoms with Crippen LogP contribution in [-0.4, -0.2) is 4.57 Å². The highest BCUT2D eigenvalue weighted by Crippen LogP contribution is 2.16. The molecule has 142 valence electrons. The van der Waals surface area contributed by atoms with Gasteiger partial charge in [-0.05, 0) is 37.5 Å². The third-order valence-electron chi connectivity index (χ3n) is 5.01. The van der Waals surface area contributed by atoms with Crippen LogP contribution < -0.4 is 5.43 Å². The van der Waals surface area contributed by atoms with Crippen LogP contribution in [0.3, 0.4) is 0 Å². The van der Waals surface area contributed by atoms with Gasteiger partial charge in [0.2, 0.25) is 0 Å². The molecule has 0 radical (unpaired) electrons. The Bertz CT molecular complexity index is 741. The first kappa shape index (κ1) is 20.5. The Hall–Kier alpha value is -1.83. The number of nitrogens with zero attached hydrogens (tertiary/aromatic N) is 1. The molecule has 26 heavy (non-hydrogen) atoms. The van der Waals surface area contributed by atoms with Crippen LogP contribution in [0.1, 0.15) is 83.7 Å². The largest absolute Gasteiger partial charge is 0.341 e. The molecule has 1 heterocycles. The molecule has 0 spiro atoms. The Morgan fingerprint density at radius 3 is 2.31 bits per heavy atom. The fourth-order valence-corrected chi connectivity index (χ4v) is 3.56. The van der Waals surface area contributed by atoms with Crippen molar-refractivity contribution in [1.82, 2.24) is 4.57 Å². The fourth-order valence-electron chi connectivity index (χ4n) is 3.56. The van der Waals surface area contributed by atoms with E-state index in [4.69, 9.17) is 0 Å². The van der Waals surface area contributed by atoms with Gasteiger partial charge in [-0.3, -0.25) is 4.79 Å². The fraction of sp³-hybridized carbons (Fsp3) is 0.542. The minimum Gasteiger partial charge on any atom is -0.341 e. The van der Waals surface area contributed by atoms with Gasteiger partial charge >= 0.3 is 0 Å². The van der Waals surface area contributed by atoms with Crippen molar-refractivity contribution in [3.63, 3.8) is 0 Å². The normalized spacial score (nSPS) is 11.6. The molecule has 2 nitrogen and oxygen atoms in total. The zero-order chi connectivity index (χ0) is 18.6. The summed E-state index contributed by atoms with van der Waals surface area (Å²) in [6.07, 6.45) is 17.3. The maximum atomic E-state index is 12.4. The highest BCUT2D eigenvalue weighted by Gasteiger charge is 2.06. The molecule has 0 amide bonds. The molecule has 0 aliphatic rings. The van der Waals surface area contributed by atoms with Crippen molar-refractivity contribution in [1.29, 1.82) is 0 Å². The van der Waals surface area contributed by atoms with Crippen LogP contribution in [0.5, 0.6) is 0 Å². The summed E-state index contributed by atoms with van der Waals surface area (Å²) in [5, 5.41) is 0.821. The van der Waals surface area contributed by atoms with Crippen molar-refractivity contribution in [2.75, 3.05) is 0 Å². The minimum absolute atomic E-state index is 0.125. The Kier molecular flexibility index (Phi) is 9.23. The summed E-state index contributed by atoms with van der Waals surface area (Å²) in [6, 6.07) is 9.74. The number of para-hydroxylation sites is 1. The third-order valence-corrected chi connectivity index (χ3v) is 5.01. The summed E-state index contributed by atoms with van der Waals surface area (Å²) in [4.78, 5) is 12.4. The number of allylic oxidation sites excluding steroid dienone is 1. The van der Waals surface area contributed by atoms with Crippen LogP contribution in [0.25, 0.3) is 17.0 Å². The SMILES string of the molecule is CCCCCCCCCC/C=C/c1cc(=O)c2ccccc2n1CCC. The van der Waals surface area contributed by atoms with Crippen molar-refractivity contribution < 1.29 is 0 Å². The number of aryl methyl sites for hydroxylation is 1. The van der Waals surface area contributed by atoms with Crippen LogP contribution in [0, 0.1) is 0 Å². The maximum absolute atomic E-state index is 12.4. The summed E-state index contributed by atoms with van der Waals surface area (Å²) in [5.74, 6) is 0. The van der Waals surface area contributed by atoms with E-state index in [0.717, 1.165) is 36.0 Å². The first-order chi connectivity index (χ1) is 12.8. The Balaban J connectivity index is 1.90. The molecular formula is C24H35NO. The van der Waals surface area contributed by atoms with E-state index in [-0.39, 0.29) is 5.43 Å². The summed E-state index contributed by atoms with van der Waals surface area (Å²) < 4.78 is 2.28. The number of hydrogen-bond donors (Lipinski definition) is 0. The number of hydrogen-bond acceptors (Lipinski definition) is 1. The Labute approximate surface area is 158 Å². The molecule has 0 saturated heterocycles. The van der Waals surface area contributed by atoms with Gasteiger partial charge in [-0.25, -0.2) is 0 Å². The standard InChI is InChI=1S/C24H35NO/c1-3-5-6-7-8-9-10-11-12-13-16-21-20-24(26)22-17-14-15-18-23(22)25(21)19-4-2/h13-18,20H,3-12,19H2,1-2H3/b16-13+. The van der Waals surface area contributed by atoms with E-state index in [9.17, 15) is 4.79 Å². The molecule has 0 atom stereocenters. The molecule has 2 aromatic rings. The zero-order valence-electron chi connectivity index (χ0n) is 16.7. The molecule has 0 aliphatic carbocycles. The van der Waals surface area contributed by atoms with E-state index in [1.807, 2.05) is 18.2 Å². The van der Waals surface area contributed by atoms with Crippen LogP contribution >= 0.6 is 0 Å². The van der Waals surface area contributed by atoms with Gasteiger partial charge in [0, 0.05) is 23.7 Å². The highest BCUT2D eigenvalue weighted by molar-refractivity contribution is 5.80. The van der Waals surface area contributed by atoms with Crippen LogP contribution in [0.15, 0.2) is 41.2 Å². The summed E-state index contributed by atoms with van der Waals surface area (Å²) >= 11 is 0. The van der Waals surface area contributed by atoms with Crippen molar-refractivity contribution in [3.05, 3.63) is 52.3 Å². The lowest BCUT2D eigenvalue weighted by molar-refractivity contribution is 0.578. The molecule has 1 aromatic carbocycles. The lowest BCUT2D eigenvalue weighted by Gasteiger charge is -2.14. The van der Waals surface area contributed by atoms with E-state index in [1.165, 1.54) is 51.4 Å². The van der Waals surface area contributed by atoms with E-state index in [2.05, 4.69) is 36.6 Å². The van der Waals surface area contributed by atoms with Gasteiger partial charge in [-0.15, -0.1) is 0 Å². The summed E-state index contributed by atoms with van der Waals surface area (Å²) in [6.45, 7) is 5.39. The molecule has 0 unspecified atom stereocenters. The molecule has 1 aromatic heterocycles. The van der Waals surface area contributed by atoms with Gasteiger partial charge in [0.15, 0.2) is 5.43 Å². The van der Waals surface area contributed by atoms with E-state index in [1.54, 1.807) is 6.07 Å². The molecule has 0 saturated carbocycles. The number of rotatable bonds is 12. The molecule has 0 N–H and O–H groups in total. The first-order valence-electron chi connectivity index (χ1n) is 10.6. The molecule has 0 aliphatic heterocycles. The second-order valence-electron chi connectivity index (χ2n) is 7.27. The van der Waals surface area contributed by atoms with Gasteiger partial charge in [0.1, 0.15) is 0 Å². The minimum atomic E-state index is 0.125. The Morgan fingerprint density at radius 1 is 0.885 bits per heavy atom. The average molecular weight is 354 g/mol. The number of benzene rings is 1. The lowest BCUT2D eigenvalue weighted by Crippen LogP contribution is -2.12. The Morgan fingerprint density at radius 2 is 1.58 bits per heavy atom. The lowest BCUT2D eigenvalue weighted by atomic mass is 10.1. The monoisotopic (exact) mass is 353 g/mol. The van der Waals surface area contributed by atoms with E-state index < -0.39 is 0 Å². The third kappa shape index (κ3) is 6.16. The second kappa shape index (κ2) is 11.7. The van der Waals surface area contributed by atoms with Gasteiger partial charge in [-0.1, -0.05) is 77.0 Å². The number of unbranched alkanes of at least 4 members (excludes halogenated alkanes) is 8. The second-order valence-corrected chi connectivity index (χ2v) is 7.27. The van der Waals surface area contributed by atoms with Gasteiger partial charge in [0.05, 0.1) is 5.52 Å². The maximum Gasteiger partial charge on any atom is 0.190 e. The predicted molar refractivity (Wildman–Crippen MR) is 115 cm³/mol. The molecular weight excluding hydrogens is 318 g/mol.